The van der Waals surface area contributed by atoms with Gasteiger partial charge in [-0.1, -0.05) is 32.0 Å². The van der Waals surface area contributed by atoms with Crippen LogP contribution in [0.1, 0.15) is 31.9 Å². The highest BCUT2D eigenvalue weighted by Gasteiger charge is 2.20. The first kappa shape index (κ1) is 14.1. The van der Waals surface area contributed by atoms with Crippen LogP contribution in [0.5, 0.6) is 0 Å². The molecule has 1 N–H and O–H groups in total. The molecule has 0 heterocycles. The van der Waals surface area contributed by atoms with E-state index >= 15 is 0 Å². The van der Waals surface area contributed by atoms with Crippen LogP contribution in [0.3, 0.4) is 0 Å². The van der Waals surface area contributed by atoms with Gasteiger partial charge in [-0.3, -0.25) is 0 Å². The van der Waals surface area contributed by atoms with Crippen LogP contribution < -0.4 is 0 Å². The molecule has 2 unspecified atom stereocenters. The summed E-state index contributed by atoms with van der Waals surface area (Å²) in [6, 6.07) is 6.43. The van der Waals surface area contributed by atoms with Crippen molar-refractivity contribution in [3.63, 3.8) is 0 Å². The largest absolute Gasteiger partial charge is 0.388 e. The van der Waals surface area contributed by atoms with Crippen molar-refractivity contribution in [2.75, 3.05) is 20.1 Å². The van der Waals surface area contributed by atoms with Gasteiger partial charge in [-0.15, -0.1) is 0 Å². The molecule has 3 heteroatoms. The van der Waals surface area contributed by atoms with E-state index in [4.69, 9.17) is 0 Å². The van der Waals surface area contributed by atoms with Crippen LogP contribution in [0.4, 0.5) is 4.39 Å². The van der Waals surface area contributed by atoms with Crippen molar-refractivity contribution in [2.24, 2.45) is 5.92 Å². The zero-order valence-electron chi connectivity index (χ0n) is 10.9. The number of rotatable bonds is 6. The Balaban J connectivity index is 2.63. The monoisotopic (exact) mass is 239 g/mol. The van der Waals surface area contributed by atoms with Crippen molar-refractivity contribution >= 4 is 0 Å². The Morgan fingerprint density at radius 1 is 1.35 bits per heavy atom. The molecule has 96 valence electrons. The molecule has 0 aliphatic carbocycles. The highest BCUT2D eigenvalue weighted by Crippen LogP contribution is 2.24. The summed E-state index contributed by atoms with van der Waals surface area (Å²) in [6.07, 6.45) is 0.342. The van der Waals surface area contributed by atoms with Gasteiger partial charge < -0.3 is 10.0 Å². The lowest BCUT2D eigenvalue weighted by atomic mass is 9.96. The number of benzene rings is 1. The van der Waals surface area contributed by atoms with E-state index in [0.29, 0.717) is 5.56 Å². The smallest absolute Gasteiger partial charge is 0.129 e. The molecule has 0 saturated heterocycles. The van der Waals surface area contributed by atoms with Crippen LogP contribution in [0.25, 0.3) is 0 Å². The molecule has 0 fully saturated rings. The van der Waals surface area contributed by atoms with Gasteiger partial charge in [0, 0.05) is 12.1 Å². The van der Waals surface area contributed by atoms with Crippen molar-refractivity contribution in [3.05, 3.63) is 35.6 Å². The SMILES string of the molecule is CCCN(C)CC(C)C(O)c1ccccc1F. The van der Waals surface area contributed by atoms with Gasteiger partial charge in [-0.25, -0.2) is 4.39 Å². The maximum Gasteiger partial charge on any atom is 0.129 e. The third-order valence-corrected chi connectivity index (χ3v) is 2.97. The predicted molar refractivity (Wildman–Crippen MR) is 68.3 cm³/mol. The lowest BCUT2D eigenvalue weighted by Gasteiger charge is -2.25. The van der Waals surface area contributed by atoms with Crippen molar-refractivity contribution in [2.45, 2.75) is 26.4 Å². The van der Waals surface area contributed by atoms with E-state index < -0.39 is 6.10 Å². The molecule has 1 rings (SSSR count). The van der Waals surface area contributed by atoms with E-state index in [-0.39, 0.29) is 11.7 Å². The number of aliphatic hydroxyl groups is 1. The Hall–Kier alpha value is -0.930. The zero-order valence-corrected chi connectivity index (χ0v) is 10.9. The fourth-order valence-corrected chi connectivity index (χ4v) is 2.09. The molecule has 1 aromatic rings. The lowest BCUT2D eigenvalue weighted by Crippen LogP contribution is -2.28. The van der Waals surface area contributed by atoms with Gasteiger partial charge in [0.2, 0.25) is 0 Å². The summed E-state index contributed by atoms with van der Waals surface area (Å²) in [5, 5.41) is 10.1. The molecule has 0 aromatic heterocycles. The third kappa shape index (κ3) is 4.10. The summed E-state index contributed by atoms with van der Waals surface area (Å²) in [6.45, 7) is 5.83. The van der Waals surface area contributed by atoms with Crippen molar-refractivity contribution in [1.82, 2.24) is 4.90 Å². The maximum atomic E-state index is 13.5. The van der Waals surface area contributed by atoms with Crippen molar-refractivity contribution < 1.29 is 9.50 Å². The van der Waals surface area contributed by atoms with Crippen LogP contribution in [-0.4, -0.2) is 30.1 Å². The van der Waals surface area contributed by atoms with E-state index in [1.54, 1.807) is 18.2 Å². The van der Waals surface area contributed by atoms with Gasteiger partial charge >= 0.3 is 0 Å². The standard InChI is InChI=1S/C14H22FNO/c1-4-9-16(3)10-11(2)14(17)12-7-5-6-8-13(12)15/h5-8,11,14,17H,4,9-10H2,1-3H3. The van der Waals surface area contributed by atoms with Crippen LogP contribution in [0, 0.1) is 11.7 Å². The Kier molecular flexibility index (Phi) is 5.59. The quantitative estimate of drug-likeness (QED) is 0.825. The van der Waals surface area contributed by atoms with E-state index in [1.165, 1.54) is 6.07 Å². The molecule has 0 aliphatic rings. The Labute approximate surface area is 103 Å². The molecule has 0 saturated carbocycles. The molecule has 2 atom stereocenters. The number of hydrogen-bond donors (Lipinski definition) is 1. The van der Waals surface area contributed by atoms with Gasteiger partial charge in [0.25, 0.3) is 0 Å². The molecular formula is C14H22FNO. The first-order valence-corrected chi connectivity index (χ1v) is 6.17. The molecule has 1 aromatic carbocycles. The summed E-state index contributed by atoms with van der Waals surface area (Å²) in [5.74, 6) is -0.312. The van der Waals surface area contributed by atoms with Gasteiger partial charge in [0.15, 0.2) is 0 Å². The summed E-state index contributed by atoms with van der Waals surface area (Å²) < 4.78 is 13.5. The second kappa shape index (κ2) is 6.72. The molecule has 2 nitrogen and oxygen atoms in total. The minimum absolute atomic E-state index is 0.0171. The van der Waals surface area contributed by atoms with Crippen molar-refractivity contribution in [1.29, 1.82) is 0 Å². The highest BCUT2D eigenvalue weighted by atomic mass is 19.1. The fourth-order valence-electron chi connectivity index (χ4n) is 2.09. The number of hydrogen-bond acceptors (Lipinski definition) is 2. The lowest BCUT2D eigenvalue weighted by molar-refractivity contribution is 0.0918. The summed E-state index contributed by atoms with van der Waals surface area (Å²) in [4.78, 5) is 2.16. The third-order valence-electron chi connectivity index (χ3n) is 2.97. The van der Waals surface area contributed by atoms with Crippen molar-refractivity contribution in [3.8, 4) is 0 Å². The average molecular weight is 239 g/mol. The van der Waals surface area contributed by atoms with Gasteiger partial charge in [-0.05, 0) is 32.0 Å². The molecule has 0 aliphatic heterocycles. The van der Waals surface area contributed by atoms with Gasteiger partial charge in [-0.2, -0.15) is 0 Å². The molecule has 0 radical (unpaired) electrons. The summed E-state index contributed by atoms with van der Waals surface area (Å²) in [7, 11) is 2.02. The maximum absolute atomic E-state index is 13.5. The summed E-state index contributed by atoms with van der Waals surface area (Å²) in [5.41, 5.74) is 0.393. The van der Waals surface area contributed by atoms with E-state index in [0.717, 1.165) is 19.5 Å². The fraction of sp³-hybridized carbons (Fsp3) is 0.571. The minimum atomic E-state index is -0.740. The van der Waals surface area contributed by atoms with Crippen LogP contribution in [-0.2, 0) is 0 Å². The van der Waals surface area contributed by atoms with E-state index in [9.17, 15) is 9.50 Å². The van der Waals surface area contributed by atoms with Gasteiger partial charge in [0.05, 0.1) is 6.10 Å². The average Bonchev–Trinajstić information content (AvgIpc) is 2.29. The van der Waals surface area contributed by atoms with Crippen LogP contribution in [0.15, 0.2) is 24.3 Å². The second-order valence-corrected chi connectivity index (χ2v) is 4.71. The molecule has 17 heavy (non-hydrogen) atoms. The van der Waals surface area contributed by atoms with Crippen LogP contribution >= 0.6 is 0 Å². The molecule has 0 bridgehead atoms. The topological polar surface area (TPSA) is 23.5 Å². The normalized spacial score (nSPS) is 14.9. The number of nitrogens with zero attached hydrogens (tertiary/aromatic N) is 1. The number of halogens is 1. The summed E-state index contributed by atoms with van der Waals surface area (Å²) >= 11 is 0. The van der Waals surface area contributed by atoms with E-state index in [1.807, 2.05) is 14.0 Å². The Morgan fingerprint density at radius 3 is 2.59 bits per heavy atom. The first-order chi connectivity index (χ1) is 8.06. The van der Waals surface area contributed by atoms with Gasteiger partial charge in [0.1, 0.15) is 5.82 Å². The van der Waals surface area contributed by atoms with Crippen LogP contribution in [0.2, 0.25) is 0 Å². The predicted octanol–water partition coefficient (Wildman–Crippen LogP) is 2.84. The second-order valence-electron chi connectivity index (χ2n) is 4.71. The molecule has 0 spiro atoms. The Bertz CT molecular complexity index is 343. The minimum Gasteiger partial charge on any atom is -0.388 e. The Morgan fingerprint density at radius 2 is 2.00 bits per heavy atom. The number of aliphatic hydroxyl groups excluding tert-OH is 1. The van der Waals surface area contributed by atoms with E-state index in [2.05, 4.69) is 11.8 Å². The molecule has 0 amide bonds. The first-order valence-electron chi connectivity index (χ1n) is 6.17. The zero-order chi connectivity index (χ0) is 12.8. The molecular weight excluding hydrogens is 217 g/mol. The highest BCUT2D eigenvalue weighted by molar-refractivity contribution is 5.20.